The number of aromatic hydroxyl groups is 2. The highest BCUT2D eigenvalue weighted by Gasteiger charge is 1.99. The molecule has 0 heterocycles. The van der Waals surface area contributed by atoms with Crippen molar-refractivity contribution < 1.29 is 15.0 Å². The number of carbonyl (C=O) groups is 1. The Morgan fingerprint density at radius 3 is 1.86 bits per heavy atom. The summed E-state index contributed by atoms with van der Waals surface area (Å²) in [6.07, 6.45) is 7.76. The lowest BCUT2D eigenvalue weighted by molar-refractivity contribution is -0.109. The minimum absolute atomic E-state index is 0.119. The molecule has 0 radical (unpaired) electrons. The monoisotopic (exact) mass is 402 g/mol. The van der Waals surface area contributed by atoms with Crippen LogP contribution in [0.5, 0.6) is 11.5 Å². The van der Waals surface area contributed by atoms with Crippen molar-refractivity contribution in [3.05, 3.63) is 94.5 Å². The quantitative estimate of drug-likeness (QED) is 0.380. The van der Waals surface area contributed by atoms with E-state index >= 15 is 0 Å². The van der Waals surface area contributed by atoms with E-state index in [1.54, 1.807) is 13.0 Å². The van der Waals surface area contributed by atoms with Crippen LogP contribution in [0, 0.1) is 0 Å². The molecule has 4 heteroatoms. The van der Waals surface area contributed by atoms with Gasteiger partial charge in [-0.05, 0) is 40.5 Å². The van der Waals surface area contributed by atoms with Crippen molar-refractivity contribution in [1.82, 2.24) is 0 Å². The number of hydrogen-bond acceptors (Lipinski definition) is 4. The number of phenols is 2. The van der Waals surface area contributed by atoms with Crippen LogP contribution < -0.4 is 0 Å². The van der Waals surface area contributed by atoms with Gasteiger partial charge in [-0.1, -0.05) is 84.6 Å². The number of benzene rings is 3. The third kappa shape index (κ3) is 6.40. The first kappa shape index (κ1) is 20.5. The lowest BCUT2D eigenvalue weighted by atomic mass is 10.1. The third-order valence-electron chi connectivity index (χ3n) is 4.29. The molecule has 0 unspecified atom stereocenters. The second kappa shape index (κ2) is 9.80. The molecule has 0 atom stereocenters. The summed E-state index contributed by atoms with van der Waals surface area (Å²) in [5.74, 6) is 0.951. The average molecular weight is 403 g/mol. The molecular weight excluding hydrogens is 380 g/mol. The standard InChI is InChI=1S/C25H22O3S/c1-18(26)29-17-22-10-8-20(9-11-22)3-2-19-4-6-21(7-5-19)12-13-23-16-24(27)14-15-25(23)28/h2-16,27-28H,17H2,1H3/b3-2+,13-12+. The number of thioether (sulfide) groups is 1. The maximum absolute atomic E-state index is 11.0. The largest absolute Gasteiger partial charge is 0.508 e. The van der Waals surface area contributed by atoms with Crippen LogP contribution in [-0.4, -0.2) is 15.3 Å². The molecule has 2 N–H and O–H groups in total. The van der Waals surface area contributed by atoms with Gasteiger partial charge < -0.3 is 10.2 Å². The van der Waals surface area contributed by atoms with Crippen molar-refractivity contribution in [2.45, 2.75) is 12.7 Å². The summed E-state index contributed by atoms with van der Waals surface area (Å²) < 4.78 is 0. The Balaban J connectivity index is 1.62. The summed E-state index contributed by atoms with van der Waals surface area (Å²) in [5.41, 5.74) is 4.89. The van der Waals surface area contributed by atoms with Crippen LogP contribution in [0.25, 0.3) is 24.3 Å². The molecule has 0 aliphatic rings. The Labute approximate surface area is 175 Å². The molecule has 3 nitrogen and oxygen atoms in total. The van der Waals surface area contributed by atoms with Gasteiger partial charge in [0.1, 0.15) is 11.5 Å². The van der Waals surface area contributed by atoms with Gasteiger partial charge in [0, 0.05) is 18.2 Å². The van der Waals surface area contributed by atoms with Crippen molar-refractivity contribution in [3.8, 4) is 11.5 Å². The van der Waals surface area contributed by atoms with Gasteiger partial charge in [-0.2, -0.15) is 0 Å². The van der Waals surface area contributed by atoms with E-state index < -0.39 is 0 Å². The van der Waals surface area contributed by atoms with Crippen molar-refractivity contribution in [2.24, 2.45) is 0 Å². The molecular formula is C25H22O3S. The Bertz CT molecular complexity index is 1030. The maximum atomic E-state index is 11.0. The topological polar surface area (TPSA) is 57.5 Å². The fourth-order valence-corrected chi connectivity index (χ4v) is 3.24. The predicted molar refractivity (Wildman–Crippen MR) is 122 cm³/mol. The second-order valence-corrected chi connectivity index (χ2v) is 7.75. The van der Waals surface area contributed by atoms with E-state index in [1.165, 1.54) is 30.0 Å². The molecule has 0 saturated heterocycles. The summed E-state index contributed by atoms with van der Waals surface area (Å²) in [5, 5.41) is 19.5. The van der Waals surface area contributed by atoms with Gasteiger partial charge in [0.25, 0.3) is 0 Å². The van der Waals surface area contributed by atoms with E-state index in [1.807, 2.05) is 60.7 Å². The Morgan fingerprint density at radius 2 is 1.31 bits per heavy atom. The minimum atomic E-state index is 0.119. The molecule has 3 aromatic carbocycles. The summed E-state index contributed by atoms with van der Waals surface area (Å²) in [4.78, 5) is 11.0. The smallest absolute Gasteiger partial charge is 0.186 e. The summed E-state index contributed by atoms with van der Waals surface area (Å²) in [6, 6.07) is 20.7. The molecule has 3 rings (SSSR count). The number of carbonyl (C=O) groups excluding carboxylic acids is 1. The van der Waals surface area contributed by atoms with Crippen molar-refractivity contribution in [2.75, 3.05) is 0 Å². The van der Waals surface area contributed by atoms with E-state index in [0.29, 0.717) is 11.3 Å². The number of hydrogen-bond donors (Lipinski definition) is 2. The SMILES string of the molecule is CC(=O)SCc1ccc(/C=C/c2ccc(/C=C/c3cc(O)ccc3O)cc2)cc1. The first-order valence-electron chi connectivity index (χ1n) is 9.20. The van der Waals surface area contributed by atoms with E-state index in [0.717, 1.165) is 22.3 Å². The van der Waals surface area contributed by atoms with Gasteiger partial charge in [0.05, 0.1) is 0 Å². The van der Waals surface area contributed by atoms with Crippen molar-refractivity contribution in [1.29, 1.82) is 0 Å². The van der Waals surface area contributed by atoms with Gasteiger partial charge in [-0.15, -0.1) is 0 Å². The van der Waals surface area contributed by atoms with Gasteiger partial charge in [-0.3, -0.25) is 4.79 Å². The highest BCUT2D eigenvalue weighted by molar-refractivity contribution is 8.12. The van der Waals surface area contributed by atoms with Crippen LogP contribution in [0.4, 0.5) is 0 Å². The van der Waals surface area contributed by atoms with Crippen LogP contribution in [0.3, 0.4) is 0 Å². The zero-order valence-corrected chi connectivity index (χ0v) is 16.9. The molecule has 0 saturated carbocycles. The number of phenolic OH excluding ortho intramolecular Hbond substituents is 2. The summed E-state index contributed by atoms with van der Waals surface area (Å²) in [6.45, 7) is 1.58. The summed E-state index contributed by atoms with van der Waals surface area (Å²) >= 11 is 1.32. The molecule has 146 valence electrons. The van der Waals surface area contributed by atoms with E-state index in [9.17, 15) is 15.0 Å². The maximum Gasteiger partial charge on any atom is 0.186 e. The van der Waals surface area contributed by atoms with Gasteiger partial charge >= 0.3 is 0 Å². The molecule has 0 aliphatic carbocycles. The zero-order valence-electron chi connectivity index (χ0n) is 16.1. The molecule has 0 aliphatic heterocycles. The van der Waals surface area contributed by atoms with Gasteiger partial charge in [0.15, 0.2) is 5.12 Å². The Kier molecular flexibility index (Phi) is 6.93. The highest BCUT2D eigenvalue weighted by Crippen LogP contribution is 2.24. The lowest BCUT2D eigenvalue weighted by Gasteiger charge is -2.01. The molecule has 29 heavy (non-hydrogen) atoms. The van der Waals surface area contributed by atoms with Crippen LogP contribution in [0.2, 0.25) is 0 Å². The zero-order chi connectivity index (χ0) is 20.6. The molecule has 0 aromatic heterocycles. The lowest BCUT2D eigenvalue weighted by Crippen LogP contribution is -1.85. The van der Waals surface area contributed by atoms with E-state index in [4.69, 9.17) is 0 Å². The van der Waals surface area contributed by atoms with Crippen molar-refractivity contribution >= 4 is 41.2 Å². The molecule has 0 fully saturated rings. The fourth-order valence-electron chi connectivity index (χ4n) is 2.68. The van der Waals surface area contributed by atoms with Crippen LogP contribution in [0.1, 0.15) is 34.7 Å². The van der Waals surface area contributed by atoms with E-state index in [2.05, 4.69) is 6.08 Å². The summed E-state index contributed by atoms with van der Waals surface area (Å²) in [7, 11) is 0. The predicted octanol–water partition coefficient (Wildman–Crippen LogP) is 6.22. The van der Waals surface area contributed by atoms with Crippen LogP contribution in [0.15, 0.2) is 66.7 Å². The fraction of sp³-hybridized carbons (Fsp3) is 0.0800. The first-order chi connectivity index (χ1) is 14.0. The van der Waals surface area contributed by atoms with Gasteiger partial charge in [0.2, 0.25) is 0 Å². The van der Waals surface area contributed by atoms with E-state index in [-0.39, 0.29) is 16.6 Å². The molecule has 0 amide bonds. The molecule has 0 bridgehead atoms. The molecule has 0 spiro atoms. The van der Waals surface area contributed by atoms with Crippen molar-refractivity contribution in [3.63, 3.8) is 0 Å². The Hall–Kier alpha value is -3.24. The molecule has 3 aromatic rings. The average Bonchev–Trinajstić information content (AvgIpc) is 2.73. The third-order valence-corrected chi connectivity index (χ3v) is 5.18. The minimum Gasteiger partial charge on any atom is -0.508 e. The van der Waals surface area contributed by atoms with Crippen LogP contribution in [-0.2, 0) is 10.5 Å². The highest BCUT2D eigenvalue weighted by atomic mass is 32.2. The first-order valence-corrected chi connectivity index (χ1v) is 10.2. The second-order valence-electron chi connectivity index (χ2n) is 6.60. The van der Waals surface area contributed by atoms with Gasteiger partial charge in [-0.25, -0.2) is 0 Å². The number of rotatable bonds is 6. The Morgan fingerprint density at radius 1 is 0.793 bits per heavy atom. The normalized spacial score (nSPS) is 11.3. The van der Waals surface area contributed by atoms with Crippen LogP contribution >= 0.6 is 11.8 Å².